The summed E-state index contributed by atoms with van der Waals surface area (Å²) in [6.07, 6.45) is 0. The van der Waals surface area contributed by atoms with Crippen molar-refractivity contribution in [3.8, 4) is 5.75 Å². The summed E-state index contributed by atoms with van der Waals surface area (Å²) in [5.41, 5.74) is 0.141. The average Bonchev–Trinajstić information content (AvgIpc) is 2.53. The molecule has 0 aromatic heterocycles. The van der Waals surface area contributed by atoms with E-state index in [1.54, 1.807) is 14.0 Å². The van der Waals surface area contributed by atoms with Gasteiger partial charge < -0.3 is 9.47 Å². The van der Waals surface area contributed by atoms with Crippen molar-refractivity contribution < 1.29 is 26.7 Å². The van der Waals surface area contributed by atoms with Gasteiger partial charge in [0, 0.05) is 7.11 Å². The highest BCUT2D eigenvalue weighted by molar-refractivity contribution is 7.92. The largest absolute Gasteiger partial charge is 0.491 e. The Morgan fingerprint density at radius 1 is 1.12 bits per heavy atom. The van der Waals surface area contributed by atoms with Crippen molar-refractivity contribution >= 4 is 15.7 Å². The Labute approximate surface area is 139 Å². The minimum absolute atomic E-state index is 0.0808. The van der Waals surface area contributed by atoms with Crippen molar-refractivity contribution in [1.29, 1.82) is 0 Å². The van der Waals surface area contributed by atoms with Gasteiger partial charge in [-0.1, -0.05) is 6.07 Å². The van der Waals surface area contributed by atoms with E-state index in [2.05, 4.69) is 0 Å². The first-order valence-electron chi connectivity index (χ1n) is 7.04. The molecule has 2 rings (SSSR count). The van der Waals surface area contributed by atoms with Gasteiger partial charge >= 0.3 is 0 Å². The molecular weight excluding hydrogens is 340 g/mol. The minimum atomic E-state index is -4.05. The third kappa shape index (κ3) is 4.21. The fourth-order valence-corrected chi connectivity index (χ4v) is 3.12. The molecule has 0 radical (unpaired) electrons. The Morgan fingerprint density at radius 2 is 1.88 bits per heavy atom. The number of hydrogen-bond donors (Lipinski definition) is 1. The number of nitrogens with one attached hydrogen (secondary N) is 1. The normalized spacial score (nSPS) is 11.3. The predicted molar refractivity (Wildman–Crippen MR) is 85.7 cm³/mol. The van der Waals surface area contributed by atoms with Crippen LogP contribution in [0.3, 0.4) is 0 Å². The molecule has 2 aromatic rings. The second-order valence-corrected chi connectivity index (χ2v) is 6.66. The number of halogens is 2. The zero-order chi connectivity index (χ0) is 17.7. The summed E-state index contributed by atoms with van der Waals surface area (Å²) in [7, 11) is -2.51. The van der Waals surface area contributed by atoms with Crippen LogP contribution in [-0.4, -0.2) is 28.7 Å². The van der Waals surface area contributed by atoms with Crippen molar-refractivity contribution in [3.05, 3.63) is 53.6 Å². The number of sulfonamides is 1. The molecule has 5 nitrogen and oxygen atoms in total. The lowest BCUT2D eigenvalue weighted by Crippen LogP contribution is -2.15. The number of rotatable bonds is 7. The molecule has 0 aliphatic heterocycles. The molecule has 1 N–H and O–H groups in total. The van der Waals surface area contributed by atoms with Crippen LogP contribution in [0.1, 0.15) is 5.56 Å². The molecule has 0 bridgehead atoms. The van der Waals surface area contributed by atoms with Crippen molar-refractivity contribution in [2.75, 3.05) is 25.0 Å². The van der Waals surface area contributed by atoms with Gasteiger partial charge in [-0.15, -0.1) is 0 Å². The monoisotopic (exact) mass is 357 g/mol. The van der Waals surface area contributed by atoms with Gasteiger partial charge in [0.1, 0.15) is 12.4 Å². The maximum absolute atomic E-state index is 13.6. The van der Waals surface area contributed by atoms with E-state index < -0.39 is 27.3 Å². The molecule has 0 atom stereocenters. The van der Waals surface area contributed by atoms with Gasteiger partial charge in [0.15, 0.2) is 11.6 Å². The number of aryl methyl sites for hydroxylation is 1. The molecule has 130 valence electrons. The fourth-order valence-electron chi connectivity index (χ4n) is 1.97. The smallest absolute Gasteiger partial charge is 0.262 e. The van der Waals surface area contributed by atoms with Gasteiger partial charge in [0.2, 0.25) is 0 Å². The Balaban J connectivity index is 2.23. The molecule has 0 saturated heterocycles. The van der Waals surface area contributed by atoms with Crippen molar-refractivity contribution in [3.63, 3.8) is 0 Å². The van der Waals surface area contributed by atoms with Gasteiger partial charge in [-0.25, -0.2) is 17.2 Å². The lowest BCUT2D eigenvalue weighted by molar-refractivity contribution is 0.146. The van der Waals surface area contributed by atoms with E-state index in [1.807, 2.05) is 4.72 Å². The standard InChI is InChI=1S/C16H17F2NO4S/c1-11-10-12(6-7-15(11)23-9-8-22-2)24(20,21)19-14-5-3-4-13(17)16(14)18/h3-7,10,19H,8-9H2,1-2H3. The van der Waals surface area contributed by atoms with E-state index in [0.29, 0.717) is 24.5 Å². The average molecular weight is 357 g/mol. The van der Waals surface area contributed by atoms with Gasteiger partial charge in [-0.3, -0.25) is 4.72 Å². The molecule has 2 aromatic carbocycles. The highest BCUT2D eigenvalue weighted by Crippen LogP contribution is 2.25. The van der Waals surface area contributed by atoms with Crippen LogP contribution in [0.15, 0.2) is 41.3 Å². The fraction of sp³-hybridized carbons (Fsp3) is 0.250. The third-order valence-corrected chi connectivity index (χ3v) is 4.56. The minimum Gasteiger partial charge on any atom is -0.491 e. The molecule has 0 aliphatic carbocycles. The number of ether oxygens (including phenoxy) is 2. The van der Waals surface area contributed by atoms with E-state index in [4.69, 9.17) is 9.47 Å². The first kappa shape index (κ1) is 18.2. The Bertz CT molecular complexity index is 825. The maximum Gasteiger partial charge on any atom is 0.262 e. The van der Waals surface area contributed by atoms with Gasteiger partial charge in [-0.05, 0) is 42.8 Å². The predicted octanol–water partition coefficient (Wildman–Crippen LogP) is 3.10. The highest BCUT2D eigenvalue weighted by atomic mass is 32.2. The SMILES string of the molecule is COCCOc1ccc(S(=O)(=O)Nc2cccc(F)c2F)cc1C. The van der Waals surface area contributed by atoms with Crippen LogP contribution in [0, 0.1) is 18.6 Å². The molecule has 24 heavy (non-hydrogen) atoms. The summed E-state index contributed by atoms with van der Waals surface area (Å²) >= 11 is 0. The first-order chi connectivity index (χ1) is 11.3. The lowest BCUT2D eigenvalue weighted by atomic mass is 10.2. The Morgan fingerprint density at radius 3 is 2.54 bits per heavy atom. The summed E-state index contributed by atoms with van der Waals surface area (Å²) in [4.78, 5) is -0.0808. The second-order valence-electron chi connectivity index (χ2n) is 4.98. The number of methoxy groups -OCH3 is 1. The molecule has 8 heteroatoms. The van der Waals surface area contributed by atoms with E-state index in [0.717, 1.165) is 12.1 Å². The topological polar surface area (TPSA) is 64.6 Å². The van der Waals surface area contributed by atoms with E-state index in [9.17, 15) is 17.2 Å². The number of hydrogen-bond acceptors (Lipinski definition) is 4. The van der Waals surface area contributed by atoms with Crippen molar-refractivity contribution in [1.82, 2.24) is 0 Å². The van der Waals surface area contributed by atoms with Crippen LogP contribution in [0.25, 0.3) is 0 Å². The molecular formula is C16H17F2NO4S. The lowest BCUT2D eigenvalue weighted by Gasteiger charge is -2.12. The highest BCUT2D eigenvalue weighted by Gasteiger charge is 2.19. The number of benzene rings is 2. The molecule has 0 heterocycles. The molecule has 0 fully saturated rings. The molecule has 0 spiro atoms. The van der Waals surface area contributed by atoms with Crippen LogP contribution in [0.5, 0.6) is 5.75 Å². The summed E-state index contributed by atoms with van der Waals surface area (Å²) in [5.74, 6) is -1.87. The first-order valence-corrected chi connectivity index (χ1v) is 8.52. The van der Waals surface area contributed by atoms with Crippen LogP contribution >= 0.6 is 0 Å². The Kier molecular flexibility index (Phi) is 5.74. The summed E-state index contributed by atoms with van der Waals surface area (Å²) in [6, 6.07) is 7.49. The summed E-state index contributed by atoms with van der Waals surface area (Å²) < 4.78 is 63.8. The summed E-state index contributed by atoms with van der Waals surface area (Å²) in [6.45, 7) is 2.42. The van der Waals surface area contributed by atoms with Gasteiger partial charge in [0.05, 0.1) is 17.2 Å². The van der Waals surface area contributed by atoms with Crippen molar-refractivity contribution in [2.45, 2.75) is 11.8 Å². The summed E-state index contributed by atoms with van der Waals surface area (Å²) in [5, 5.41) is 0. The van der Waals surface area contributed by atoms with E-state index in [-0.39, 0.29) is 4.90 Å². The molecule has 0 amide bonds. The zero-order valence-electron chi connectivity index (χ0n) is 13.2. The van der Waals surface area contributed by atoms with Crippen LogP contribution in [-0.2, 0) is 14.8 Å². The van der Waals surface area contributed by atoms with Gasteiger partial charge in [0.25, 0.3) is 10.0 Å². The second kappa shape index (κ2) is 7.59. The van der Waals surface area contributed by atoms with Gasteiger partial charge in [-0.2, -0.15) is 0 Å². The number of anilines is 1. The Hall–Kier alpha value is -2.19. The van der Waals surface area contributed by atoms with Crippen molar-refractivity contribution in [2.24, 2.45) is 0 Å². The van der Waals surface area contributed by atoms with E-state index >= 15 is 0 Å². The van der Waals surface area contributed by atoms with Crippen LogP contribution in [0.2, 0.25) is 0 Å². The van der Waals surface area contributed by atoms with Crippen LogP contribution < -0.4 is 9.46 Å². The molecule has 0 aliphatic rings. The molecule has 0 saturated carbocycles. The third-order valence-electron chi connectivity index (χ3n) is 3.20. The zero-order valence-corrected chi connectivity index (χ0v) is 14.0. The maximum atomic E-state index is 13.6. The quantitative estimate of drug-likeness (QED) is 0.774. The van der Waals surface area contributed by atoms with Crippen LogP contribution in [0.4, 0.5) is 14.5 Å². The molecule has 0 unspecified atom stereocenters. The van der Waals surface area contributed by atoms with E-state index in [1.165, 1.54) is 24.3 Å².